The Balaban J connectivity index is 1.75. The van der Waals surface area contributed by atoms with Crippen LogP contribution >= 0.6 is 11.6 Å². The van der Waals surface area contributed by atoms with Crippen LogP contribution in [0.2, 0.25) is 5.02 Å². The lowest BCUT2D eigenvalue weighted by atomic mass is 9.97. The predicted molar refractivity (Wildman–Crippen MR) is 114 cm³/mol. The molecule has 156 valence electrons. The maximum absolute atomic E-state index is 12.0. The molecule has 0 saturated carbocycles. The van der Waals surface area contributed by atoms with Crippen LogP contribution < -0.4 is 10.4 Å². The summed E-state index contributed by atoms with van der Waals surface area (Å²) in [4.78, 5) is 25.8. The third-order valence-electron chi connectivity index (χ3n) is 5.32. The normalized spacial score (nSPS) is 13.7. The summed E-state index contributed by atoms with van der Waals surface area (Å²) in [6.45, 7) is 3.38. The number of carbonyl (C=O) groups excluding carboxylic acids is 1. The van der Waals surface area contributed by atoms with Gasteiger partial charge in [-0.25, -0.2) is 4.79 Å². The first-order valence-electron chi connectivity index (χ1n) is 9.71. The van der Waals surface area contributed by atoms with Gasteiger partial charge in [0, 0.05) is 36.0 Å². The van der Waals surface area contributed by atoms with E-state index < -0.39 is 5.63 Å². The van der Waals surface area contributed by atoms with Gasteiger partial charge in [0.15, 0.2) is 0 Å². The summed E-state index contributed by atoms with van der Waals surface area (Å²) in [6, 6.07) is 11.1. The minimum Gasteiger partial charge on any atom is -0.477 e. The summed E-state index contributed by atoms with van der Waals surface area (Å²) >= 11 is 6.32. The van der Waals surface area contributed by atoms with E-state index in [-0.39, 0.29) is 12.4 Å². The Hall–Kier alpha value is -2.83. The maximum atomic E-state index is 12.0. The van der Waals surface area contributed by atoms with Crippen molar-refractivity contribution in [2.75, 3.05) is 13.8 Å². The van der Waals surface area contributed by atoms with Crippen LogP contribution in [0.25, 0.3) is 11.0 Å². The van der Waals surface area contributed by atoms with Crippen molar-refractivity contribution in [3.8, 4) is 5.75 Å². The summed E-state index contributed by atoms with van der Waals surface area (Å²) in [5.74, 6) is 0.395. The molecule has 0 aliphatic carbocycles. The number of halogens is 1. The number of carbonyl (C=O) groups is 1. The number of nitrogens with zero attached hydrogens (tertiary/aromatic N) is 1. The zero-order chi connectivity index (χ0) is 21.3. The number of rotatable bonds is 5. The van der Waals surface area contributed by atoms with Gasteiger partial charge in [0.2, 0.25) is 0 Å². The van der Waals surface area contributed by atoms with Gasteiger partial charge in [-0.2, -0.15) is 0 Å². The second-order valence-electron chi connectivity index (χ2n) is 7.40. The summed E-state index contributed by atoms with van der Waals surface area (Å²) in [7, 11) is 1.38. The highest BCUT2D eigenvalue weighted by Gasteiger charge is 2.26. The van der Waals surface area contributed by atoms with E-state index in [1.54, 1.807) is 0 Å². The van der Waals surface area contributed by atoms with Crippen molar-refractivity contribution in [2.45, 2.75) is 32.9 Å². The van der Waals surface area contributed by atoms with E-state index in [4.69, 9.17) is 25.5 Å². The maximum Gasteiger partial charge on any atom is 0.336 e. The molecule has 0 bridgehead atoms. The number of benzene rings is 2. The lowest BCUT2D eigenvalue weighted by molar-refractivity contribution is -0.140. The molecule has 1 aromatic heterocycles. The molecule has 0 spiro atoms. The lowest BCUT2D eigenvalue weighted by Crippen LogP contribution is -2.32. The van der Waals surface area contributed by atoms with Crippen molar-refractivity contribution in [3.63, 3.8) is 0 Å². The van der Waals surface area contributed by atoms with Gasteiger partial charge >= 0.3 is 11.6 Å². The molecule has 0 unspecified atom stereocenters. The van der Waals surface area contributed by atoms with Gasteiger partial charge in [-0.15, -0.1) is 0 Å². The molecule has 0 amide bonds. The zero-order valence-corrected chi connectivity index (χ0v) is 17.6. The minimum atomic E-state index is -0.396. The molecule has 0 fully saturated rings. The van der Waals surface area contributed by atoms with Crippen LogP contribution in [-0.4, -0.2) is 24.7 Å². The number of aryl methyl sites for hydroxylation is 2. The van der Waals surface area contributed by atoms with Crippen LogP contribution in [0.4, 0.5) is 0 Å². The Bertz CT molecular complexity index is 1170. The highest BCUT2D eigenvalue weighted by atomic mass is 35.5. The van der Waals surface area contributed by atoms with E-state index in [2.05, 4.69) is 4.90 Å². The molecule has 7 heteroatoms. The SMILES string of the molecule is COC(=O)CCc1cc2c(C)cc(=O)oc2c2c1OCN(Cc1ccccc1Cl)C2. The van der Waals surface area contributed by atoms with Crippen molar-refractivity contribution in [3.05, 3.63) is 74.1 Å². The molecule has 0 radical (unpaired) electrons. The molecular formula is C23H22ClNO5. The molecule has 2 heterocycles. The predicted octanol–water partition coefficient (Wildman–Crippen LogP) is 4.21. The molecule has 2 aromatic carbocycles. The first-order valence-corrected chi connectivity index (χ1v) is 10.1. The number of esters is 1. The molecule has 6 nitrogen and oxygen atoms in total. The minimum absolute atomic E-state index is 0.247. The molecule has 0 N–H and O–H groups in total. The van der Waals surface area contributed by atoms with Crippen LogP contribution in [0.5, 0.6) is 5.75 Å². The molecule has 4 rings (SSSR count). The van der Waals surface area contributed by atoms with Crippen molar-refractivity contribution < 1.29 is 18.7 Å². The van der Waals surface area contributed by atoms with Crippen LogP contribution in [0.15, 0.2) is 45.6 Å². The average molecular weight is 428 g/mol. The average Bonchev–Trinajstić information content (AvgIpc) is 2.73. The van der Waals surface area contributed by atoms with E-state index in [1.807, 2.05) is 37.3 Å². The summed E-state index contributed by atoms with van der Waals surface area (Å²) in [5.41, 5.74) is 3.67. The van der Waals surface area contributed by atoms with Crippen LogP contribution in [0.3, 0.4) is 0 Å². The number of ether oxygens (including phenoxy) is 2. The summed E-state index contributed by atoms with van der Waals surface area (Å²) < 4.78 is 16.5. The van der Waals surface area contributed by atoms with E-state index in [9.17, 15) is 9.59 Å². The van der Waals surface area contributed by atoms with E-state index in [0.717, 1.165) is 27.6 Å². The molecule has 1 aliphatic heterocycles. The van der Waals surface area contributed by atoms with E-state index in [0.29, 0.717) is 42.6 Å². The van der Waals surface area contributed by atoms with Crippen molar-refractivity contribution in [2.24, 2.45) is 0 Å². The van der Waals surface area contributed by atoms with E-state index in [1.165, 1.54) is 13.2 Å². The van der Waals surface area contributed by atoms with Crippen LogP contribution in [0.1, 0.15) is 28.7 Å². The first-order chi connectivity index (χ1) is 14.5. The van der Waals surface area contributed by atoms with Crippen LogP contribution in [0, 0.1) is 6.92 Å². The second kappa shape index (κ2) is 8.50. The number of hydrogen-bond acceptors (Lipinski definition) is 6. The van der Waals surface area contributed by atoms with Gasteiger partial charge in [0.1, 0.15) is 18.1 Å². The molecule has 1 aliphatic rings. The van der Waals surface area contributed by atoms with Crippen molar-refractivity contribution in [1.82, 2.24) is 4.90 Å². The molecular weight excluding hydrogens is 406 g/mol. The monoisotopic (exact) mass is 427 g/mol. The Labute approximate surface area is 179 Å². The Morgan fingerprint density at radius 1 is 1.23 bits per heavy atom. The first kappa shape index (κ1) is 20.4. The van der Waals surface area contributed by atoms with Crippen molar-refractivity contribution >= 4 is 28.5 Å². The Morgan fingerprint density at radius 3 is 2.80 bits per heavy atom. The lowest BCUT2D eigenvalue weighted by Gasteiger charge is -2.31. The fourth-order valence-electron chi connectivity index (χ4n) is 3.80. The summed E-state index contributed by atoms with van der Waals surface area (Å²) in [5, 5.41) is 1.54. The van der Waals surface area contributed by atoms with E-state index >= 15 is 0 Å². The molecule has 0 atom stereocenters. The largest absolute Gasteiger partial charge is 0.477 e. The van der Waals surface area contributed by atoms with Crippen LogP contribution in [-0.2, 0) is 29.0 Å². The zero-order valence-electron chi connectivity index (χ0n) is 16.9. The number of hydrogen-bond donors (Lipinski definition) is 0. The Morgan fingerprint density at radius 2 is 2.03 bits per heavy atom. The van der Waals surface area contributed by atoms with Gasteiger partial charge < -0.3 is 13.9 Å². The highest BCUT2D eigenvalue weighted by Crippen LogP contribution is 2.37. The third kappa shape index (κ3) is 4.06. The van der Waals surface area contributed by atoms with Gasteiger partial charge in [-0.3, -0.25) is 9.69 Å². The van der Waals surface area contributed by atoms with Gasteiger partial charge in [0.05, 0.1) is 12.7 Å². The number of methoxy groups -OCH3 is 1. The molecule has 30 heavy (non-hydrogen) atoms. The topological polar surface area (TPSA) is 69.0 Å². The van der Waals surface area contributed by atoms with Crippen molar-refractivity contribution in [1.29, 1.82) is 0 Å². The van der Waals surface area contributed by atoms with Gasteiger partial charge in [0.25, 0.3) is 0 Å². The fourth-order valence-corrected chi connectivity index (χ4v) is 4.00. The molecule has 0 saturated heterocycles. The highest BCUT2D eigenvalue weighted by molar-refractivity contribution is 6.31. The molecule has 3 aromatic rings. The standard InChI is InChI=1S/C23H22ClNO5/c1-14-9-21(27)30-23-17(14)10-15(7-8-20(26)28-2)22-18(23)12-25(13-29-22)11-16-5-3-4-6-19(16)24/h3-6,9-10H,7-8,11-13H2,1-2H3. The smallest absolute Gasteiger partial charge is 0.336 e. The second-order valence-corrected chi connectivity index (χ2v) is 7.80. The summed E-state index contributed by atoms with van der Waals surface area (Å²) in [6.07, 6.45) is 0.727. The third-order valence-corrected chi connectivity index (χ3v) is 5.68. The number of fused-ring (bicyclic) bond motifs is 3. The fraction of sp³-hybridized carbons (Fsp3) is 0.304. The quantitative estimate of drug-likeness (QED) is 0.448. The Kier molecular flexibility index (Phi) is 5.79. The van der Waals surface area contributed by atoms with Gasteiger partial charge in [-0.1, -0.05) is 29.8 Å². The van der Waals surface area contributed by atoms with Gasteiger partial charge in [-0.05, 0) is 42.2 Å².